The number of ether oxygens (including phenoxy) is 2. The van der Waals surface area contributed by atoms with Crippen LogP contribution in [0.5, 0.6) is 5.75 Å². The molecule has 110 valence electrons. The summed E-state index contributed by atoms with van der Waals surface area (Å²) in [6.45, 7) is 5.31. The van der Waals surface area contributed by atoms with Gasteiger partial charge in [-0.05, 0) is 20.6 Å². The molecule has 0 aliphatic heterocycles. The van der Waals surface area contributed by atoms with E-state index in [0.29, 0.717) is 6.61 Å². The van der Waals surface area contributed by atoms with Crippen molar-refractivity contribution in [2.24, 2.45) is 0 Å². The Balaban J connectivity index is 2.94. The van der Waals surface area contributed by atoms with Crippen molar-refractivity contribution in [1.29, 1.82) is 0 Å². The number of rotatable bonds is 9. The molecule has 1 atom stereocenters. The number of methoxy groups -OCH3 is 2. The van der Waals surface area contributed by atoms with Gasteiger partial charge in [0.15, 0.2) is 5.75 Å². The van der Waals surface area contributed by atoms with Crippen molar-refractivity contribution in [3.05, 3.63) is 11.9 Å². The summed E-state index contributed by atoms with van der Waals surface area (Å²) in [5, 5.41) is 7.82. The van der Waals surface area contributed by atoms with E-state index in [1.165, 1.54) is 0 Å². The summed E-state index contributed by atoms with van der Waals surface area (Å²) < 4.78 is 12.7. The molecule has 1 N–H and O–H groups in total. The van der Waals surface area contributed by atoms with E-state index in [-0.39, 0.29) is 6.04 Å². The Morgan fingerprint density at radius 3 is 2.68 bits per heavy atom. The molecule has 1 aromatic heterocycles. The van der Waals surface area contributed by atoms with Gasteiger partial charge in [0.1, 0.15) is 0 Å². The monoisotopic (exact) mass is 270 g/mol. The first-order valence-corrected chi connectivity index (χ1v) is 6.60. The van der Waals surface area contributed by atoms with Crippen LogP contribution in [0.2, 0.25) is 0 Å². The minimum Gasteiger partial charge on any atom is -0.493 e. The van der Waals surface area contributed by atoms with Crippen LogP contribution in [-0.4, -0.2) is 62.7 Å². The quantitative estimate of drug-likeness (QED) is 0.717. The predicted molar refractivity (Wildman–Crippen MR) is 75.6 cm³/mol. The zero-order valence-electron chi connectivity index (χ0n) is 12.6. The molecule has 0 aliphatic carbocycles. The summed E-state index contributed by atoms with van der Waals surface area (Å²) in [7, 11) is 7.48. The minimum absolute atomic E-state index is 0.0922. The second-order valence-electron chi connectivity index (χ2n) is 4.69. The zero-order chi connectivity index (χ0) is 14.3. The van der Waals surface area contributed by atoms with E-state index in [0.717, 1.165) is 31.1 Å². The largest absolute Gasteiger partial charge is 0.493 e. The summed E-state index contributed by atoms with van der Waals surface area (Å²) >= 11 is 0. The SMILES string of the molecule is CCNC(COC)c1c(OC)cnn1CCN(C)C. The Kier molecular flexibility index (Phi) is 6.83. The lowest BCUT2D eigenvalue weighted by Crippen LogP contribution is -2.29. The van der Waals surface area contributed by atoms with Gasteiger partial charge in [-0.1, -0.05) is 6.92 Å². The van der Waals surface area contributed by atoms with Gasteiger partial charge in [-0.2, -0.15) is 5.10 Å². The molecule has 0 radical (unpaired) electrons. The minimum atomic E-state index is 0.0922. The summed E-state index contributed by atoms with van der Waals surface area (Å²) in [5.41, 5.74) is 1.05. The summed E-state index contributed by atoms with van der Waals surface area (Å²) in [4.78, 5) is 2.14. The molecule has 0 amide bonds. The van der Waals surface area contributed by atoms with Crippen molar-refractivity contribution in [2.45, 2.75) is 19.5 Å². The molecular weight excluding hydrogens is 244 g/mol. The average molecular weight is 270 g/mol. The molecule has 6 nitrogen and oxygen atoms in total. The van der Waals surface area contributed by atoms with Crippen molar-refractivity contribution in [3.63, 3.8) is 0 Å². The Labute approximate surface area is 115 Å². The highest BCUT2D eigenvalue weighted by Gasteiger charge is 2.21. The van der Waals surface area contributed by atoms with Gasteiger partial charge in [-0.25, -0.2) is 0 Å². The second-order valence-corrected chi connectivity index (χ2v) is 4.69. The van der Waals surface area contributed by atoms with E-state index < -0.39 is 0 Å². The number of likely N-dealkylation sites (N-methyl/N-ethyl adjacent to an activating group) is 2. The molecular formula is C13H26N4O2. The molecule has 0 aromatic carbocycles. The van der Waals surface area contributed by atoms with E-state index in [1.807, 2.05) is 4.68 Å². The fourth-order valence-electron chi connectivity index (χ4n) is 2.01. The fraction of sp³-hybridized carbons (Fsp3) is 0.769. The van der Waals surface area contributed by atoms with Gasteiger partial charge in [-0.15, -0.1) is 0 Å². The van der Waals surface area contributed by atoms with Crippen molar-refractivity contribution in [3.8, 4) is 5.75 Å². The second kappa shape index (κ2) is 8.14. The highest BCUT2D eigenvalue weighted by Crippen LogP contribution is 2.25. The van der Waals surface area contributed by atoms with E-state index in [9.17, 15) is 0 Å². The van der Waals surface area contributed by atoms with Gasteiger partial charge >= 0.3 is 0 Å². The van der Waals surface area contributed by atoms with E-state index in [1.54, 1.807) is 20.4 Å². The molecule has 6 heteroatoms. The molecule has 0 bridgehead atoms. The normalized spacial score (nSPS) is 12.9. The van der Waals surface area contributed by atoms with Crippen molar-refractivity contribution >= 4 is 0 Å². The first-order chi connectivity index (χ1) is 9.13. The number of aromatic nitrogens is 2. The van der Waals surface area contributed by atoms with E-state index >= 15 is 0 Å². The lowest BCUT2D eigenvalue weighted by molar-refractivity contribution is 0.162. The van der Waals surface area contributed by atoms with Crippen molar-refractivity contribution in [2.75, 3.05) is 48.0 Å². The molecule has 0 aliphatic rings. The summed E-state index contributed by atoms with van der Waals surface area (Å²) in [6, 6.07) is 0.0922. The fourth-order valence-corrected chi connectivity index (χ4v) is 2.01. The summed E-state index contributed by atoms with van der Waals surface area (Å²) in [5.74, 6) is 0.807. The molecule has 19 heavy (non-hydrogen) atoms. The highest BCUT2D eigenvalue weighted by atomic mass is 16.5. The van der Waals surface area contributed by atoms with Crippen LogP contribution in [0.15, 0.2) is 6.20 Å². The number of hydrogen-bond donors (Lipinski definition) is 1. The van der Waals surface area contributed by atoms with Crippen LogP contribution in [0.25, 0.3) is 0 Å². The summed E-state index contributed by atoms with van der Waals surface area (Å²) in [6.07, 6.45) is 1.77. The van der Waals surface area contributed by atoms with Crippen LogP contribution in [0.1, 0.15) is 18.7 Å². The van der Waals surface area contributed by atoms with Crippen LogP contribution < -0.4 is 10.1 Å². The molecule has 1 rings (SSSR count). The van der Waals surface area contributed by atoms with Gasteiger partial charge in [-0.3, -0.25) is 4.68 Å². The topological polar surface area (TPSA) is 51.5 Å². The van der Waals surface area contributed by atoms with Gasteiger partial charge in [0.05, 0.1) is 38.2 Å². The van der Waals surface area contributed by atoms with Gasteiger partial charge in [0.25, 0.3) is 0 Å². The van der Waals surface area contributed by atoms with Crippen LogP contribution in [0, 0.1) is 0 Å². The van der Waals surface area contributed by atoms with E-state index in [4.69, 9.17) is 9.47 Å². The maximum absolute atomic E-state index is 5.41. The first-order valence-electron chi connectivity index (χ1n) is 6.60. The van der Waals surface area contributed by atoms with Gasteiger partial charge < -0.3 is 19.7 Å². The maximum Gasteiger partial charge on any atom is 0.161 e. The Hall–Kier alpha value is -1.11. The third-order valence-electron chi connectivity index (χ3n) is 2.94. The molecule has 0 fully saturated rings. The van der Waals surface area contributed by atoms with Crippen LogP contribution >= 0.6 is 0 Å². The van der Waals surface area contributed by atoms with Crippen molar-refractivity contribution in [1.82, 2.24) is 20.0 Å². The number of nitrogens with zero attached hydrogens (tertiary/aromatic N) is 3. The number of hydrogen-bond acceptors (Lipinski definition) is 5. The molecule has 0 saturated carbocycles. The van der Waals surface area contributed by atoms with Crippen LogP contribution in [0.3, 0.4) is 0 Å². The highest BCUT2D eigenvalue weighted by molar-refractivity contribution is 5.28. The smallest absolute Gasteiger partial charge is 0.161 e. The molecule has 1 aromatic rings. The molecule has 0 saturated heterocycles. The number of nitrogens with one attached hydrogen (secondary N) is 1. The third kappa shape index (κ3) is 4.49. The average Bonchev–Trinajstić information content (AvgIpc) is 2.78. The Morgan fingerprint density at radius 1 is 1.42 bits per heavy atom. The van der Waals surface area contributed by atoms with Gasteiger partial charge in [0, 0.05) is 13.7 Å². The molecule has 0 spiro atoms. The third-order valence-corrected chi connectivity index (χ3v) is 2.94. The van der Waals surface area contributed by atoms with Gasteiger partial charge in [0.2, 0.25) is 0 Å². The standard InChI is InChI=1S/C13H26N4O2/c1-6-14-11(10-18-4)13-12(19-5)9-15-17(13)8-7-16(2)3/h9,11,14H,6-8,10H2,1-5H3. The maximum atomic E-state index is 5.41. The first kappa shape index (κ1) is 15.9. The van der Waals surface area contributed by atoms with Crippen LogP contribution in [-0.2, 0) is 11.3 Å². The molecule has 1 unspecified atom stereocenters. The molecule has 1 heterocycles. The lowest BCUT2D eigenvalue weighted by atomic mass is 10.2. The zero-order valence-corrected chi connectivity index (χ0v) is 12.6. The van der Waals surface area contributed by atoms with E-state index in [2.05, 4.69) is 36.3 Å². The van der Waals surface area contributed by atoms with Crippen LogP contribution in [0.4, 0.5) is 0 Å². The van der Waals surface area contributed by atoms with Crippen molar-refractivity contribution < 1.29 is 9.47 Å². The predicted octanol–water partition coefficient (Wildman–Crippen LogP) is 0.750. The lowest BCUT2D eigenvalue weighted by Gasteiger charge is -2.20. The Morgan fingerprint density at radius 2 is 2.16 bits per heavy atom. The Bertz CT molecular complexity index is 360.